The van der Waals surface area contributed by atoms with Gasteiger partial charge in [0.15, 0.2) is 0 Å². The van der Waals surface area contributed by atoms with Crippen LogP contribution in [0.3, 0.4) is 0 Å². The van der Waals surface area contributed by atoms with Crippen molar-refractivity contribution in [1.29, 1.82) is 0 Å². The molecular weight excluding hydrogens is 708 g/mol. The first-order valence-electron chi connectivity index (χ1n) is 18.9. The number of carbonyl (C=O) groups is 6. The number of aryl methyl sites for hydroxylation is 1. The van der Waals surface area contributed by atoms with E-state index in [1.165, 1.54) is 19.4 Å². The summed E-state index contributed by atoms with van der Waals surface area (Å²) in [6, 6.07) is 10.2. The van der Waals surface area contributed by atoms with Gasteiger partial charge in [-0.2, -0.15) is 0 Å². The normalized spacial score (nSPS) is 18.0. The minimum Gasteiger partial charge on any atom is -0.391 e. The van der Waals surface area contributed by atoms with Crippen LogP contribution in [0.15, 0.2) is 48.5 Å². The Bertz CT molecular complexity index is 1600. The van der Waals surface area contributed by atoms with E-state index in [9.17, 15) is 33.9 Å². The summed E-state index contributed by atoms with van der Waals surface area (Å²) in [4.78, 5) is 78.4. The van der Waals surface area contributed by atoms with Crippen molar-refractivity contribution in [2.45, 2.75) is 121 Å². The number of hydrogen-bond donors (Lipinski definition) is 9. The molecule has 16 nitrogen and oxygen atoms in total. The van der Waals surface area contributed by atoms with E-state index in [4.69, 9.17) is 21.9 Å². The molecule has 2 aromatic carbocycles. The smallest absolute Gasteiger partial charge is 0.251 e. The van der Waals surface area contributed by atoms with Crippen LogP contribution in [0.4, 0.5) is 0 Å². The lowest BCUT2D eigenvalue weighted by atomic mass is 10.0. The molecular formula is C39H58N8O8. The molecule has 0 aromatic heterocycles. The van der Waals surface area contributed by atoms with Crippen molar-refractivity contribution >= 4 is 35.3 Å². The molecule has 1 aliphatic heterocycles. The number of amides is 5. The van der Waals surface area contributed by atoms with Crippen molar-refractivity contribution in [3.8, 4) is 11.1 Å². The lowest BCUT2D eigenvalue weighted by molar-refractivity contribution is -0.135. The molecule has 8 atom stereocenters. The van der Waals surface area contributed by atoms with Gasteiger partial charge in [-0.25, -0.2) is 0 Å². The standard InChI is InChI=1S/C39H58N8O8/c1-5-6-9-25-11-13-26(14-12-25)27-15-17-28(18-16-27)36(51)45-30(19-21-41)37(52)46-31(23(3)48)39(54)43-22(2)35(50)44-29(10-7-8-20-40)38(53)47-34(42)32(49)33-24(4)55-33/h11-18,22-24,29-31,33-34,48H,5-10,19-21,40-42H2,1-4H3,(H,43,54)(H,44,50)(H,45,51)(H,46,52)(H,47,53). The fraction of sp³-hybridized carbons (Fsp3) is 0.538. The van der Waals surface area contributed by atoms with Gasteiger partial charge in [0.25, 0.3) is 5.91 Å². The third-order valence-electron chi connectivity index (χ3n) is 9.32. The highest BCUT2D eigenvalue weighted by molar-refractivity contribution is 5.99. The van der Waals surface area contributed by atoms with Crippen LogP contribution in [0.1, 0.15) is 82.1 Å². The number of nitrogens with one attached hydrogen (secondary N) is 5. The first-order valence-corrected chi connectivity index (χ1v) is 18.9. The number of aliphatic hydroxyl groups excluding tert-OH is 1. The number of ketones is 1. The highest BCUT2D eigenvalue weighted by Crippen LogP contribution is 2.23. The van der Waals surface area contributed by atoms with Crippen LogP contribution in [0.2, 0.25) is 0 Å². The largest absolute Gasteiger partial charge is 0.391 e. The molecule has 0 aliphatic carbocycles. The quantitative estimate of drug-likeness (QED) is 0.0409. The fourth-order valence-corrected chi connectivity index (χ4v) is 5.81. The second-order valence-corrected chi connectivity index (χ2v) is 13.9. The molecule has 1 aliphatic rings. The van der Waals surface area contributed by atoms with Crippen molar-refractivity contribution in [2.24, 2.45) is 17.2 Å². The van der Waals surface area contributed by atoms with E-state index in [0.717, 1.165) is 30.4 Å². The number of benzene rings is 2. The van der Waals surface area contributed by atoms with E-state index in [2.05, 4.69) is 45.6 Å². The number of hydrogen-bond acceptors (Lipinski definition) is 11. The van der Waals surface area contributed by atoms with Crippen LogP contribution in [-0.2, 0) is 35.1 Å². The number of carbonyl (C=O) groups excluding carboxylic acids is 6. The molecule has 3 rings (SSSR count). The molecule has 2 aromatic rings. The van der Waals surface area contributed by atoms with Gasteiger partial charge in [0.2, 0.25) is 29.4 Å². The zero-order valence-corrected chi connectivity index (χ0v) is 32.1. The van der Waals surface area contributed by atoms with Gasteiger partial charge in [-0.3, -0.25) is 28.8 Å². The molecule has 0 saturated carbocycles. The lowest BCUT2D eigenvalue weighted by Gasteiger charge is -2.26. The van der Waals surface area contributed by atoms with Gasteiger partial charge in [0.05, 0.1) is 12.2 Å². The average Bonchev–Trinajstić information content (AvgIpc) is 3.90. The Balaban J connectivity index is 1.60. The number of aliphatic hydroxyl groups is 1. The number of epoxide rings is 1. The summed E-state index contributed by atoms with van der Waals surface area (Å²) >= 11 is 0. The van der Waals surface area contributed by atoms with Gasteiger partial charge in [-0.05, 0) is 101 Å². The third-order valence-corrected chi connectivity index (χ3v) is 9.32. The summed E-state index contributed by atoms with van der Waals surface area (Å²) in [5.74, 6) is -4.16. The van der Waals surface area contributed by atoms with Crippen molar-refractivity contribution in [3.63, 3.8) is 0 Å². The molecule has 16 heteroatoms. The Morgan fingerprint density at radius 1 is 0.727 bits per heavy atom. The Morgan fingerprint density at radius 3 is 1.85 bits per heavy atom. The van der Waals surface area contributed by atoms with Crippen LogP contribution < -0.4 is 43.8 Å². The summed E-state index contributed by atoms with van der Waals surface area (Å²) in [6.45, 7) is 6.87. The number of Topliss-reactive ketones (excluding diaryl/α,β-unsaturated/α-hetero) is 1. The molecule has 302 valence electrons. The molecule has 8 unspecified atom stereocenters. The second kappa shape index (κ2) is 22.0. The van der Waals surface area contributed by atoms with Crippen LogP contribution in [0, 0.1) is 0 Å². The van der Waals surface area contributed by atoms with Gasteiger partial charge < -0.3 is 53.6 Å². The van der Waals surface area contributed by atoms with E-state index in [1.54, 1.807) is 19.1 Å². The molecule has 12 N–H and O–H groups in total. The first kappa shape index (κ1) is 44.7. The van der Waals surface area contributed by atoms with Crippen molar-refractivity contribution in [2.75, 3.05) is 13.1 Å². The lowest BCUT2D eigenvalue weighted by Crippen LogP contribution is -2.61. The van der Waals surface area contributed by atoms with E-state index in [1.807, 2.05) is 24.3 Å². The van der Waals surface area contributed by atoms with Crippen LogP contribution >= 0.6 is 0 Å². The minimum absolute atomic E-state index is 0.0286. The molecule has 1 heterocycles. The first-order chi connectivity index (χ1) is 26.2. The van der Waals surface area contributed by atoms with Crippen LogP contribution in [0.5, 0.6) is 0 Å². The Kier molecular flexibility index (Phi) is 17.8. The number of unbranched alkanes of at least 4 members (excludes halogenated alkanes) is 2. The Hall–Kier alpha value is -4.74. The van der Waals surface area contributed by atoms with E-state index in [0.29, 0.717) is 24.9 Å². The third kappa shape index (κ3) is 13.8. The number of rotatable bonds is 23. The van der Waals surface area contributed by atoms with Crippen molar-refractivity contribution < 1.29 is 38.6 Å². The summed E-state index contributed by atoms with van der Waals surface area (Å²) < 4.78 is 5.13. The van der Waals surface area contributed by atoms with Gasteiger partial charge in [-0.1, -0.05) is 49.7 Å². The van der Waals surface area contributed by atoms with Crippen molar-refractivity contribution in [1.82, 2.24) is 26.6 Å². The van der Waals surface area contributed by atoms with Gasteiger partial charge in [0, 0.05) is 5.56 Å². The van der Waals surface area contributed by atoms with E-state index < -0.39 is 77.9 Å². The Morgan fingerprint density at radius 2 is 1.31 bits per heavy atom. The average molecular weight is 767 g/mol. The molecule has 5 amide bonds. The number of nitrogens with two attached hydrogens (primary N) is 3. The summed E-state index contributed by atoms with van der Waals surface area (Å²) in [6.07, 6.45) is 0.732. The minimum atomic E-state index is -1.52. The molecule has 55 heavy (non-hydrogen) atoms. The molecule has 0 bridgehead atoms. The zero-order chi connectivity index (χ0) is 40.7. The van der Waals surface area contributed by atoms with E-state index in [-0.39, 0.29) is 25.5 Å². The van der Waals surface area contributed by atoms with Gasteiger partial charge in [0.1, 0.15) is 36.4 Å². The molecule has 1 fully saturated rings. The summed E-state index contributed by atoms with van der Waals surface area (Å²) in [5.41, 5.74) is 20.7. The predicted octanol–water partition coefficient (Wildman–Crippen LogP) is -0.115. The topological polar surface area (TPSA) is 273 Å². The highest BCUT2D eigenvalue weighted by Gasteiger charge is 2.44. The summed E-state index contributed by atoms with van der Waals surface area (Å²) in [7, 11) is 0. The SMILES string of the molecule is CCCCc1ccc(-c2ccc(C(=O)NC(CCN)C(=O)NC(C(=O)NC(C)C(=O)NC(CCCCN)C(=O)NC(N)C(=O)C3OC3C)C(C)O)cc2)cc1. The highest BCUT2D eigenvalue weighted by atomic mass is 16.6. The Labute approximate surface area is 322 Å². The molecule has 0 radical (unpaired) electrons. The molecule has 0 spiro atoms. The van der Waals surface area contributed by atoms with Gasteiger partial charge in [-0.15, -0.1) is 0 Å². The van der Waals surface area contributed by atoms with Crippen LogP contribution in [-0.4, -0.2) is 102 Å². The predicted molar refractivity (Wildman–Crippen MR) is 207 cm³/mol. The maximum atomic E-state index is 13.4. The maximum Gasteiger partial charge on any atom is 0.251 e. The van der Waals surface area contributed by atoms with Gasteiger partial charge >= 0.3 is 0 Å². The molecule has 1 saturated heterocycles. The second-order valence-electron chi connectivity index (χ2n) is 13.9. The van der Waals surface area contributed by atoms with E-state index >= 15 is 0 Å². The monoisotopic (exact) mass is 766 g/mol. The summed E-state index contributed by atoms with van der Waals surface area (Å²) in [5, 5.41) is 23.0. The van der Waals surface area contributed by atoms with Crippen molar-refractivity contribution in [3.05, 3.63) is 59.7 Å². The fourth-order valence-electron chi connectivity index (χ4n) is 5.81. The zero-order valence-electron chi connectivity index (χ0n) is 32.1. The van der Waals surface area contributed by atoms with Crippen LogP contribution in [0.25, 0.3) is 11.1 Å². The maximum absolute atomic E-state index is 13.4. The number of ether oxygens (including phenoxy) is 1.